The van der Waals surface area contributed by atoms with Crippen molar-refractivity contribution in [3.05, 3.63) is 69.8 Å². The molecule has 1 fully saturated rings. The Morgan fingerprint density at radius 1 is 1.19 bits per heavy atom. The molecule has 136 valence electrons. The summed E-state index contributed by atoms with van der Waals surface area (Å²) >= 11 is 0. The van der Waals surface area contributed by atoms with Gasteiger partial charge in [-0.1, -0.05) is 30.3 Å². The van der Waals surface area contributed by atoms with E-state index in [1.165, 1.54) is 12.1 Å². The summed E-state index contributed by atoms with van der Waals surface area (Å²) in [6, 6.07) is 13.2. The second kappa shape index (κ2) is 8.07. The van der Waals surface area contributed by atoms with Gasteiger partial charge in [0.25, 0.3) is 5.69 Å². The lowest BCUT2D eigenvalue weighted by molar-refractivity contribution is -0.384. The summed E-state index contributed by atoms with van der Waals surface area (Å²) < 4.78 is 5.38. The van der Waals surface area contributed by atoms with Crippen molar-refractivity contribution in [3.63, 3.8) is 0 Å². The van der Waals surface area contributed by atoms with Gasteiger partial charge in [-0.05, 0) is 24.1 Å². The fourth-order valence-electron chi connectivity index (χ4n) is 3.09. The number of non-ortho nitro benzene ring substituents is 1. The third kappa shape index (κ3) is 4.07. The molecular weight excluding hydrogens is 334 g/mol. The van der Waals surface area contributed by atoms with Gasteiger partial charge in [0.2, 0.25) is 5.91 Å². The van der Waals surface area contributed by atoms with E-state index >= 15 is 0 Å². The van der Waals surface area contributed by atoms with E-state index in [0.717, 1.165) is 11.3 Å². The fraction of sp³-hybridized carbons (Fsp3) is 0.316. The molecule has 0 aliphatic carbocycles. The van der Waals surface area contributed by atoms with Gasteiger partial charge in [0.15, 0.2) is 0 Å². The molecule has 2 aromatic rings. The van der Waals surface area contributed by atoms with Gasteiger partial charge in [-0.3, -0.25) is 19.8 Å². The highest BCUT2D eigenvalue weighted by molar-refractivity contribution is 5.96. The molecule has 7 nitrogen and oxygen atoms in total. The minimum Gasteiger partial charge on any atom is -0.379 e. The molecule has 0 radical (unpaired) electrons. The Morgan fingerprint density at radius 2 is 1.92 bits per heavy atom. The van der Waals surface area contributed by atoms with Crippen molar-refractivity contribution in [2.24, 2.45) is 0 Å². The van der Waals surface area contributed by atoms with E-state index in [0.29, 0.717) is 31.9 Å². The lowest BCUT2D eigenvalue weighted by Gasteiger charge is -2.33. The van der Waals surface area contributed by atoms with Crippen LogP contribution in [-0.4, -0.2) is 42.0 Å². The van der Waals surface area contributed by atoms with Crippen molar-refractivity contribution in [2.75, 3.05) is 31.6 Å². The fourth-order valence-corrected chi connectivity index (χ4v) is 3.09. The normalized spacial score (nSPS) is 16.0. The molecule has 1 aliphatic heterocycles. The van der Waals surface area contributed by atoms with Crippen molar-refractivity contribution in [1.82, 2.24) is 4.90 Å². The highest BCUT2D eigenvalue weighted by Crippen LogP contribution is 2.27. The number of amides is 1. The lowest BCUT2D eigenvalue weighted by atomic mass is 10.0. The summed E-state index contributed by atoms with van der Waals surface area (Å²) in [4.78, 5) is 25.8. The monoisotopic (exact) mass is 355 g/mol. The van der Waals surface area contributed by atoms with Crippen LogP contribution >= 0.6 is 0 Å². The summed E-state index contributed by atoms with van der Waals surface area (Å²) in [5.41, 5.74) is 2.28. The molecule has 0 saturated carbocycles. The number of morpholine rings is 1. The molecule has 1 saturated heterocycles. The van der Waals surface area contributed by atoms with Crippen LogP contribution in [0.4, 0.5) is 11.4 Å². The second-order valence-electron chi connectivity index (χ2n) is 6.21. The smallest absolute Gasteiger partial charge is 0.269 e. The van der Waals surface area contributed by atoms with Gasteiger partial charge in [-0.2, -0.15) is 0 Å². The van der Waals surface area contributed by atoms with Crippen LogP contribution in [0.25, 0.3) is 0 Å². The number of rotatable bonds is 5. The molecule has 1 amide bonds. The number of aryl methyl sites for hydroxylation is 1. The standard InChI is InChI=1S/C19H21N3O4/c1-14-5-2-3-8-17(14)20-19(23)18(21-9-11-26-12-10-21)15-6-4-7-16(13-15)22(24)25/h2-8,13,18H,9-12H2,1H3,(H,20,23)/t18-/m0/s1. The maximum atomic E-state index is 13.1. The Morgan fingerprint density at radius 3 is 2.62 bits per heavy atom. The number of nitrogens with one attached hydrogen (secondary N) is 1. The number of hydrogen-bond acceptors (Lipinski definition) is 5. The average molecular weight is 355 g/mol. The van der Waals surface area contributed by atoms with Crippen LogP contribution in [0.15, 0.2) is 48.5 Å². The summed E-state index contributed by atoms with van der Waals surface area (Å²) in [6.07, 6.45) is 0. The first-order valence-corrected chi connectivity index (χ1v) is 8.49. The number of ether oxygens (including phenoxy) is 1. The van der Waals surface area contributed by atoms with Gasteiger partial charge >= 0.3 is 0 Å². The van der Waals surface area contributed by atoms with E-state index in [1.54, 1.807) is 12.1 Å². The second-order valence-corrected chi connectivity index (χ2v) is 6.21. The van der Waals surface area contributed by atoms with Crippen LogP contribution < -0.4 is 5.32 Å². The van der Waals surface area contributed by atoms with E-state index in [-0.39, 0.29) is 11.6 Å². The van der Waals surface area contributed by atoms with E-state index in [4.69, 9.17) is 4.74 Å². The van der Waals surface area contributed by atoms with Gasteiger partial charge in [0, 0.05) is 30.9 Å². The Balaban J connectivity index is 1.92. The van der Waals surface area contributed by atoms with Crippen LogP contribution in [0.5, 0.6) is 0 Å². The SMILES string of the molecule is Cc1ccccc1NC(=O)[C@H](c1cccc([N+](=O)[O-])c1)N1CCOCC1. The number of benzene rings is 2. The largest absolute Gasteiger partial charge is 0.379 e. The van der Waals surface area contributed by atoms with E-state index < -0.39 is 11.0 Å². The zero-order valence-corrected chi connectivity index (χ0v) is 14.6. The van der Waals surface area contributed by atoms with Gasteiger partial charge in [-0.25, -0.2) is 0 Å². The first-order valence-electron chi connectivity index (χ1n) is 8.49. The summed E-state index contributed by atoms with van der Waals surface area (Å²) in [5, 5.41) is 14.1. The van der Waals surface area contributed by atoms with Gasteiger partial charge in [-0.15, -0.1) is 0 Å². The predicted octanol–water partition coefficient (Wildman–Crippen LogP) is 2.92. The molecule has 26 heavy (non-hydrogen) atoms. The van der Waals surface area contributed by atoms with Gasteiger partial charge < -0.3 is 10.1 Å². The van der Waals surface area contributed by atoms with E-state index in [1.807, 2.05) is 36.1 Å². The number of nitro benzene ring substituents is 1. The molecule has 1 heterocycles. The van der Waals surface area contributed by atoms with Crippen molar-refractivity contribution < 1.29 is 14.5 Å². The van der Waals surface area contributed by atoms with E-state index in [2.05, 4.69) is 5.32 Å². The van der Waals surface area contributed by atoms with Crippen molar-refractivity contribution in [2.45, 2.75) is 13.0 Å². The van der Waals surface area contributed by atoms with Crippen LogP contribution in [0.2, 0.25) is 0 Å². The summed E-state index contributed by atoms with van der Waals surface area (Å²) in [6.45, 7) is 4.17. The quantitative estimate of drug-likeness (QED) is 0.658. The van der Waals surface area contributed by atoms with Crippen LogP contribution in [0.1, 0.15) is 17.2 Å². The molecule has 1 atom stereocenters. The average Bonchev–Trinajstić information content (AvgIpc) is 2.65. The lowest BCUT2D eigenvalue weighted by Crippen LogP contribution is -2.44. The summed E-state index contributed by atoms with van der Waals surface area (Å²) in [5.74, 6) is -0.207. The van der Waals surface area contributed by atoms with Crippen LogP contribution in [0, 0.1) is 17.0 Å². The maximum absolute atomic E-state index is 13.1. The first-order chi connectivity index (χ1) is 12.6. The molecule has 0 bridgehead atoms. The topological polar surface area (TPSA) is 84.7 Å². The highest BCUT2D eigenvalue weighted by atomic mass is 16.6. The van der Waals surface area contributed by atoms with Crippen molar-refractivity contribution >= 4 is 17.3 Å². The number of nitro groups is 1. The maximum Gasteiger partial charge on any atom is 0.269 e. The molecule has 0 aromatic heterocycles. The van der Waals surface area contributed by atoms with Crippen molar-refractivity contribution in [3.8, 4) is 0 Å². The zero-order chi connectivity index (χ0) is 18.5. The van der Waals surface area contributed by atoms with Crippen molar-refractivity contribution in [1.29, 1.82) is 0 Å². The molecular formula is C19H21N3O4. The Bertz CT molecular complexity index is 803. The number of anilines is 1. The van der Waals surface area contributed by atoms with Gasteiger partial charge in [0.1, 0.15) is 6.04 Å². The molecule has 7 heteroatoms. The van der Waals surface area contributed by atoms with Crippen LogP contribution in [0.3, 0.4) is 0 Å². The van der Waals surface area contributed by atoms with Gasteiger partial charge in [0.05, 0.1) is 18.1 Å². The molecule has 3 rings (SSSR count). The molecule has 1 N–H and O–H groups in total. The third-order valence-electron chi connectivity index (χ3n) is 4.46. The third-order valence-corrected chi connectivity index (χ3v) is 4.46. The molecule has 1 aliphatic rings. The highest BCUT2D eigenvalue weighted by Gasteiger charge is 2.30. The Kier molecular flexibility index (Phi) is 5.60. The zero-order valence-electron chi connectivity index (χ0n) is 14.6. The molecule has 2 aromatic carbocycles. The van der Waals surface area contributed by atoms with E-state index in [9.17, 15) is 14.9 Å². The van der Waals surface area contributed by atoms with Crippen LogP contribution in [-0.2, 0) is 9.53 Å². The predicted molar refractivity (Wildman–Crippen MR) is 98.0 cm³/mol. The Hall–Kier alpha value is -2.77. The minimum absolute atomic E-state index is 0.0237. The number of nitrogens with zero attached hydrogens (tertiary/aromatic N) is 2. The number of para-hydroxylation sites is 1. The molecule has 0 unspecified atom stereocenters. The minimum atomic E-state index is -0.613. The number of hydrogen-bond donors (Lipinski definition) is 1. The number of carbonyl (C=O) groups is 1. The summed E-state index contributed by atoms with van der Waals surface area (Å²) in [7, 11) is 0. The number of carbonyl (C=O) groups excluding carboxylic acids is 1. The molecule has 0 spiro atoms. The first kappa shape index (κ1) is 18.0. The Labute approximate surface area is 151 Å².